The first kappa shape index (κ1) is 41.6. The van der Waals surface area contributed by atoms with Crippen LogP contribution in [0.3, 0.4) is 0 Å². The van der Waals surface area contributed by atoms with E-state index in [0.717, 1.165) is 6.42 Å². The summed E-state index contributed by atoms with van der Waals surface area (Å²) in [6.07, 6.45) is 5.39. The van der Waals surface area contributed by atoms with Gasteiger partial charge in [0.2, 0.25) is 27.7 Å². The number of nitrogens with zero attached hydrogens (tertiary/aromatic N) is 3. The number of fused-ring (bicyclic) bond motifs is 5. The quantitative estimate of drug-likeness (QED) is 0.332. The third-order valence-corrected chi connectivity index (χ3v) is 14.5. The number of carbonyl (C=O) groups is 4. The summed E-state index contributed by atoms with van der Waals surface area (Å²) in [7, 11) is -2.60. The van der Waals surface area contributed by atoms with Gasteiger partial charge in [-0.3, -0.25) is 19.1 Å². The molecule has 3 aliphatic heterocycles. The molecule has 7 rings (SSSR count). The van der Waals surface area contributed by atoms with Crippen molar-refractivity contribution in [3.8, 4) is 11.6 Å². The highest BCUT2D eigenvalue weighted by molar-refractivity contribution is 7.91. The highest BCUT2D eigenvalue weighted by atomic mass is 32.2. The Morgan fingerprint density at radius 2 is 1.84 bits per heavy atom. The molecule has 2 aromatic heterocycles. The van der Waals surface area contributed by atoms with E-state index in [0.29, 0.717) is 49.7 Å². The number of hydrogen-bond donors (Lipinski definition) is 3. The van der Waals surface area contributed by atoms with Gasteiger partial charge in [0, 0.05) is 24.8 Å². The number of pyridine rings is 2. The molecular weight excluding hydrogens is 772 g/mol. The van der Waals surface area contributed by atoms with Crippen molar-refractivity contribution in [2.75, 3.05) is 20.3 Å². The molecule has 0 aromatic carbocycles. The van der Waals surface area contributed by atoms with Crippen LogP contribution in [0, 0.1) is 18.3 Å². The molecule has 5 aliphatic rings. The SMILES string of the molecule is COc1ccc2nc(C)c3c(c2n1)C(F)CC1(CC2C(=O)NC4(C(=O)NS(=O)(=O)C5(C)CC5)CCC4C=CCCCCCC(NC(=O)OCC(C)(C)C)C(=O)N2C1)O3. The number of sulfonamides is 1. The van der Waals surface area contributed by atoms with Crippen LogP contribution in [0.15, 0.2) is 24.3 Å². The van der Waals surface area contributed by atoms with Crippen LogP contribution in [0.1, 0.15) is 116 Å². The van der Waals surface area contributed by atoms with Crippen molar-refractivity contribution < 1.29 is 46.2 Å². The summed E-state index contributed by atoms with van der Waals surface area (Å²) in [5.74, 6) is -2.24. The third kappa shape index (κ3) is 7.94. The lowest BCUT2D eigenvalue weighted by molar-refractivity contribution is -0.144. The zero-order chi connectivity index (χ0) is 41.8. The van der Waals surface area contributed by atoms with Gasteiger partial charge in [0.05, 0.1) is 41.8 Å². The number of alkyl halides is 1. The number of carbonyl (C=O) groups excluding carboxylic acids is 4. The maximum atomic E-state index is 16.8. The first-order valence-corrected chi connectivity index (χ1v) is 21.8. The van der Waals surface area contributed by atoms with Crippen LogP contribution in [0.5, 0.6) is 11.6 Å². The van der Waals surface area contributed by atoms with E-state index in [4.69, 9.17) is 14.2 Å². The summed E-state index contributed by atoms with van der Waals surface area (Å²) in [5.41, 5.74) is -2.09. The molecule has 316 valence electrons. The fraction of sp³-hybridized carbons (Fsp3) is 0.659. The van der Waals surface area contributed by atoms with Gasteiger partial charge in [-0.1, -0.05) is 45.8 Å². The molecule has 58 heavy (non-hydrogen) atoms. The molecule has 1 saturated heterocycles. The largest absolute Gasteiger partial charge is 0.483 e. The number of halogens is 1. The summed E-state index contributed by atoms with van der Waals surface area (Å²) < 4.78 is 62.2. The molecular formula is C41H55FN6O9S. The van der Waals surface area contributed by atoms with Crippen LogP contribution in [0.4, 0.5) is 9.18 Å². The van der Waals surface area contributed by atoms with Gasteiger partial charge in [0.15, 0.2) is 0 Å². The molecule has 2 aromatic rings. The van der Waals surface area contributed by atoms with Crippen molar-refractivity contribution >= 4 is 44.9 Å². The van der Waals surface area contributed by atoms with Crippen LogP contribution in [0.2, 0.25) is 0 Å². The van der Waals surface area contributed by atoms with Crippen molar-refractivity contribution in [1.82, 2.24) is 30.2 Å². The molecule has 0 bridgehead atoms. The van der Waals surface area contributed by atoms with Gasteiger partial charge in [0.1, 0.15) is 40.7 Å². The third-order valence-electron chi connectivity index (χ3n) is 12.4. The zero-order valence-electron chi connectivity index (χ0n) is 34.1. The van der Waals surface area contributed by atoms with E-state index >= 15 is 4.39 Å². The first-order valence-electron chi connectivity index (χ1n) is 20.3. The number of methoxy groups -OCH3 is 1. The van der Waals surface area contributed by atoms with E-state index in [2.05, 4.69) is 25.3 Å². The topological polar surface area (TPSA) is 195 Å². The number of nitrogens with one attached hydrogen (secondary N) is 3. The summed E-state index contributed by atoms with van der Waals surface area (Å²) in [4.78, 5) is 67.4. The Morgan fingerprint density at radius 3 is 2.52 bits per heavy atom. The van der Waals surface area contributed by atoms with Crippen LogP contribution in [-0.2, 0) is 29.1 Å². The van der Waals surface area contributed by atoms with Gasteiger partial charge in [-0.15, -0.1) is 0 Å². The van der Waals surface area contributed by atoms with Crippen molar-refractivity contribution in [1.29, 1.82) is 0 Å². The normalized spacial score (nSPS) is 29.7. The van der Waals surface area contributed by atoms with Crippen LogP contribution in [0.25, 0.3) is 11.0 Å². The Balaban J connectivity index is 1.26. The minimum Gasteiger partial charge on any atom is -0.483 e. The monoisotopic (exact) mass is 826 g/mol. The molecule has 0 radical (unpaired) electrons. The Bertz CT molecular complexity index is 2140. The lowest BCUT2D eigenvalue weighted by Crippen LogP contribution is -2.70. The van der Waals surface area contributed by atoms with Gasteiger partial charge in [-0.25, -0.2) is 27.6 Å². The molecule has 3 N–H and O–H groups in total. The van der Waals surface area contributed by atoms with E-state index in [-0.39, 0.29) is 67.0 Å². The maximum absolute atomic E-state index is 16.8. The second-order valence-electron chi connectivity index (χ2n) is 18.2. The molecule has 17 heteroatoms. The average molecular weight is 827 g/mol. The maximum Gasteiger partial charge on any atom is 0.407 e. The van der Waals surface area contributed by atoms with Gasteiger partial charge >= 0.3 is 6.09 Å². The fourth-order valence-corrected chi connectivity index (χ4v) is 9.83. The standard InChI is InChI=1S/C41H55FN6O9S/c1-24-33-31(32-27(43-24)14-15-30(45-32)55-6)26(42)20-40(57-33)21-29-34(49)46-41(36(51)47-58(53,54)39(5)18-19-39)17-16-25(41)12-10-8-7-9-11-13-28(35(50)48(29)22-40)44-37(52)56-23-38(2,3)4/h10,12,14-15,25-26,28-29H,7-9,11,13,16-23H2,1-6H3,(H,44,52)(H,46,49)(H,47,51). The smallest absolute Gasteiger partial charge is 0.407 e. The minimum absolute atomic E-state index is 0.0953. The number of aromatic nitrogens is 2. The first-order chi connectivity index (χ1) is 27.3. The number of rotatable bonds is 6. The van der Waals surface area contributed by atoms with E-state index in [1.807, 2.05) is 32.9 Å². The molecule has 2 aliphatic carbocycles. The van der Waals surface area contributed by atoms with Crippen molar-refractivity contribution in [2.45, 2.75) is 139 Å². The van der Waals surface area contributed by atoms with Gasteiger partial charge in [-0.2, -0.15) is 0 Å². The van der Waals surface area contributed by atoms with Crippen molar-refractivity contribution in [3.05, 3.63) is 35.5 Å². The van der Waals surface area contributed by atoms with Crippen LogP contribution < -0.4 is 24.8 Å². The van der Waals surface area contributed by atoms with E-state index in [1.165, 1.54) is 12.0 Å². The zero-order valence-corrected chi connectivity index (χ0v) is 34.9. The average Bonchev–Trinajstić information content (AvgIpc) is 3.82. The van der Waals surface area contributed by atoms with Gasteiger partial charge < -0.3 is 29.7 Å². The second kappa shape index (κ2) is 15.2. The lowest BCUT2D eigenvalue weighted by atomic mass is 9.65. The summed E-state index contributed by atoms with van der Waals surface area (Å²) >= 11 is 0. The number of hydrogen-bond acceptors (Lipinski definition) is 11. The van der Waals surface area contributed by atoms with E-state index in [9.17, 15) is 27.6 Å². The molecule has 5 heterocycles. The second-order valence-corrected chi connectivity index (χ2v) is 20.4. The number of aryl methyl sites for hydroxylation is 1. The summed E-state index contributed by atoms with van der Waals surface area (Å²) in [5, 5.41) is 5.66. The van der Waals surface area contributed by atoms with Gasteiger partial charge in [0.25, 0.3) is 5.91 Å². The number of ether oxygens (including phenoxy) is 3. The number of allylic oxidation sites excluding steroid dienone is 1. The molecule has 2 saturated carbocycles. The molecule has 1 spiro atoms. The molecule has 6 atom stereocenters. The minimum atomic E-state index is -4.06. The number of alkyl carbamates (subject to hydrolysis) is 1. The number of amides is 4. The van der Waals surface area contributed by atoms with Gasteiger partial charge in [-0.05, 0) is 70.3 Å². The molecule has 4 amide bonds. The van der Waals surface area contributed by atoms with E-state index < -0.39 is 73.9 Å². The fourth-order valence-electron chi connectivity index (χ4n) is 8.52. The molecule has 15 nitrogen and oxygen atoms in total. The Hall–Kier alpha value is -4.54. The van der Waals surface area contributed by atoms with Crippen molar-refractivity contribution in [2.24, 2.45) is 11.3 Å². The lowest BCUT2D eigenvalue weighted by Gasteiger charge is -2.48. The Kier molecular flexibility index (Phi) is 10.9. The summed E-state index contributed by atoms with van der Waals surface area (Å²) in [6.45, 7) is 8.86. The van der Waals surface area contributed by atoms with Crippen LogP contribution >= 0.6 is 0 Å². The predicted octanol–water partition coefficient (Wildman–Crippen LogP) is 5.00. The highest BCUT2D eigenvalue weighted by Gasteiger charge is 2.60. The summed E-state index contributed by atoms with van der Waals surface area (Å²) in [6, 6.07) is 0.927. The Morgan fingerprint density at radius 1 is 1.09 bits per heavy atom. The highest BCUT2D eigenvalue weighted by Crippen LogP contribution is 2.51. The molecule has 3 fully saturated rings. The molecule has 6 unspecified atom stereocenters. The predicted molar refractivity (Wildman–Crippen MR) is 211 cm³/mol. The Labute approximate surface area is 338 Å². The van der Waals surface area contributed by atoms with Crippen molar-refractivity contribution in [3.63, 3.8) is 0 Å². The van der Waals surface area contributed by atoms with E-state index in [1.54, 1.807) is 26.0 Å². The van der Waals surface area contributed by atoms with Crippen LogP contribution in [-0.4, -0.2) is 95.3 Å².